The van der Waals surface area contributed by atoms with E-state index >= 15 is 0 Å². The average molecular weight is 349 g/mol. The van der Waals surface area contributed by atoms with Gasteiger partial charge in [0.15, 0.2) is 0 Å². The first-order valence-corrected chi connectivity index (χ1v) is 8.06. The monoisotopic (exact) mass is 348 g/mol. The van der Waals surface area contributed by atoms with Crippen molar-refractivity contribution in [2.24, 2.45) is 0 Å². The maximum Gasteiger partial charge on any atom is 0.259 e. The summed E-state index contributed by atoms with van der Waals surface area (Å²) in [6.45, 7) is 0. The summed E-state index contributed by atoms with van der Waals surface area (Å²) in [5, 5.41) is 3.20. The molecule has 0 radical (unpaired) electrons. The van der Waals surface area contributed by atoms with Crippen LogP contribution in [-0.2, 0) is 0 Å². The molecule has 2 aromatic heterocycles. The van der Waals surface area contributed by atoms with Gasteiger partial charge in [0, 0.05) is 11.9 Å². The summed E-state index contributed by atoms with van der Waals surface area (Å²) in [7, 11) is 0. The lowest BCUT2D eigenvalue weighted by molar-refractivity contribution is 0.102. The molecule has 2 heterocycles. The van der Waals surface area contributed by atoms with Gasteiger partial charge in [0.25, 0.3) is 5.91 Å². The van der Waals surface area contributed by atoms with E-state index in [9.17, 15) is 4.79 Å². The van der Waals surface area contributed by atoms with Gasteiger partial charge < -0.3 is 0 Å². The fourth-order valence-corrected chi connectivity index (χ4v) is 2.74. The summed E-state index contributed by atoms with van der Waals surface area (Å²) in [4.78, 5) is 21.0. The minimum atomic E-state index is -0.295. The van der Waals surface area contributed by atoms with Crippen LogP contribution in [-0.4, -0.2) is 20.4 Å². The van der Waals surface area contributed by atoms with Gasteiger partial charge in [-0.2, -0.15) is 0 Å². The number of fused-ring (bicyclic) bond motifs is 1. The highest BCUT2D eigenvalue weighted by atomic mass is 35.5. The van der Waals surface area contributed by atoms with Gasteiger partial charge in [0.05, 0.1) is 16.6 Å². The Labute approximate surface area is 148 Å². The third-order valence-corrected chi connectivity index (χ3v) is 4.01. The van der Waals surface area contributed by atoms with Crippen molar-refractivity contribution in [2.45, 2.75) is 0 Å². The van der Waals surface area contributed by atoms with E-state index in [1.807, 2.05) is 59.2 Å². The van der Waals surface area contributed by atoms with Crippen molar-refractivity contribution in [1.29, 1.82) is 0 Å². The molecule has 4 aromatic rings. The fraction of sp³-hybridized carbons (Fsp3) is 0. The standard InChI is InChI=1S/C19H13ClN4O/c20-17-11-10-13(12-21-17)18(25)23-19-22-15-8-4-5-9-16(15)24(19)14-6-2-1-3-7-14/h1-12H,(H,22,23,25). The third-order valence-electron chi connectivity index (χ3n) is 3.79. The molecular formula is C19H13ClN4O. The van der Waals surface area contributed by atoms with E-state index in [1.54, 1.807) is 12.1 Å². The van der Waals surface area contributed by atoms with Crippen LogP contribution in [0.3, 0.4) is 0 Å². The molecule has 1 amide bonds. The molecule has 5 nitrogen and oxygen atoms in total. The normalized spacial score (nSPS) is 10.8. The number of hydrogen-bond acceptors (Lipinski definition) is 3. The maximum absolute atomic E-state index is 12.5. The second-order valence-corrected chi connectivity index (χ2v) is 5.81. The van der Waals surface area contributed by atoms with Crippen LogP contribution in [0.1, 0.15) is 10.4 Å². The second-order valence-electron chi connectivity index (χ2n) is 5.42. The van der Waals surface area contributed by atoms with Crippen LogP contribution >= 0.6 is 11.6 Å². The van der Waals surface area contributed by atoms with Gasteiger partial charge in [0.2, 0.25) is 5.95 Å². The number of nitrogens with zero attached hydrogens (tertiary/aromatic N) is 3. The zero-order valence-electron chi connectivity index (χ0n) is 13.1. The minimum Gasteiger partial charge on any atom is -0.291 e. The lowest BCUT2D eigenvalue weighted by atomic mass is 10.2. The lowest BCUT2D eigenvalue weighted by Crippen LogP contribution is -2.15. The molecule has 1 N–H and O–H groups in total. The highest BCUT2D eigenvalue weighted by molar-refractivity contribution is 6.29. The van der Waals surface area contributed by atoms with Crippen LogP contribution in [0.4, 0.5) is 5.95 Å². The van der Waals surface area contributed by atoms with Crippen molar-refractivity contribution in [3.63, 3.8) is 0 Å². The number of amides is 1. The van der Waals surface area contributed by atoms with Gasteiger partial charge in [-0.25, -0.2) is 9.97 Å². The third kappa shape index (κ3) is 2.97. The molecule has 0 atom stereocenters. The van der Waals surface area contributed by atoms with Crippen molar-refractivity contribution in [3.05, 3.63) is 83.6 Å². The van der Waals surface area contributed by atoms with Crippen molar-refractivity contribution in [2.75, 3.05) is 5.32 Å². The molecule has 0 saturated heterocycles. The number of imidazole rings is 1. The van der Waals surface area contributed by atoms with E-state index in [1.165, 1.54) is 6.20 Å². The number of carbonyl (C=O) groups excluding carboxylic acids is 1. The first kappa shape index (κ1) is 15.4. The molecule has 0 fully saturated rings. The minimum absolute atomic E-state index is 0.295. The van der Waals surface area contributed by atoms with Crippen molar-refractivity contribution in [1.82, 2.24) is 14.5 Å². The number of carbonyl (C=O) groups is 1. The predicted molar refractivity (Wildman–Crippen MR) is 98.3 cm³/mol. The maximum atomic E-state index is 12.5. The van der Waals surface area contributed by atoms with Crippen LogP contribution in [0.5, 0.6) is 0 Å². The first-order valence-electron chi connectivity index (χ1n) is 7.68. The molecule has 4 rings (SSSR count). The van der Waals surface area contributed by atoms with Crippen LogP contribution < -0.4 is 5.32 Å². The molecule has 0 aliphatic heterocycles. The quantitative estimate of drug-likeness (QED) is 0.561. The highest BCUT2D eigenvalue weighted by Gasteiger charge is 2.15. The Bertz CT molecular complexity index is 1040. The molecular weight excluding hydrogens is 336 g/mol. The van der Waals surface area contributed by atoms with Gasteiger partial charge in [-0.3, -0.25) is 14.7 Å². The zero-order chi connectivity index (χ0) is 17.2. The number of rotatable bonds is 3. The number of hydrogen-bond donors (Lipinski definition) is 1. The van der Waals surface area contributed by atoms with Crippen molar-refractivity contribution < 1.29 is 4.79 Å². The summed E-state index contributed by atoms with van der Waals surface area (Å²) < 4.78 is 1.91. The smallest absolute Gasteiger partial charge is 0.259 e. The summed E-state index contributed by atoms with van der Waals surface area (Å²) in [5.41, 5.74) is 3.05. The Morgan fingerprint density at radius 3 is 2.48 bits per heavy atom. The van der Waals surface area contributed by atoms with Crippen LogP contribution in [0, 0.1) is 0 Å². The van der Waals surface area contributed by atoms with Gasteiger partial charge >= 0.3 is 0 Å². The number of benzene rings is 2. The number of para-hydroxylation sites is 3. The summed E-state index contributed by atoms with van der Waals surface area (Å²) in [6.07, 6.45) is 1.44. The van der Waals surface area contributed by atoms with Crippen LogP contribution in [0.2, 0.25) is 5.15 Å². The van der Waals surface area contributed by atoms with Gasteiger partial charge in [0.1, 0.15) is 5.15 Å². The first-order chi connectivity index (χ1) is 12.2. The van der Waals surface area contributed by atoms with E-state index in [4.69, 9.17) is 11.6 Å². The second kappa shape index (κ2) is 6.37. The summed E-state index contributed by atoms with van der Waals surface area (Å²) in [5.74, 6) is 0.156. The highest BCUT2D eigenvalue weighted by Crippen LogP contribution is 2.24. The Morgan fingerprint density at radius 2 is 1.72 bits per heavy atom. The molecule has 0 saturated carbocycles. The van der Waals surface area contributed by atoms with Gasteiger partial charge in [-0.05, 0) is 36.4 Å². The number of nitrogens with one attached hydrogen (secondary N) is 1. The Kier molecular flexibility index (Phi) is 3.91. The summed E-state index contributed by atoms with van der Waals surface area (Å²) >= 11 is 5.78. The average Bonchev–Trinajstić information content (AvgIpc) is 3.00. The topological polar surface area (TPSA) is 59.8 Å². The van der Waals surface area contributed by atoms with Crippen LogP contribution in [0.25, 0.3) is 16.7 Å². The van der Waals surface area contributed by atoms with E-state index in [0.29, 0.717) is 16.7 Å². The number of anilines is 1. The van der Waals surface area contributed by atoms with Crippen molar-refractivity contribution in [3.8, 4) is 5.69 Å². The molecule has 0 unspecified atom stereocenters. The van der Waals surface area contributed by atoms with E-state index < -0.39 is 0 Å². The van der Waals surface area contributed by atoms with Crippen molar-refractivity contribution >= 4 is 34.5 Å². The molecule has 0 bridgehead atoms. The number of pyridine rings is 1. The van der Waals surface area contributed by atoms with E-state index in [-0.39, 0.29) is 5.91 Å². The number of aromatic nitrogens is 3. The number of halogens is 1. The molecule has 25 heavy (non-hydrogen) atoms. The van der Waals surface area contributed by atoms with Gasteiger partial charge in [-0.15, -0.1) is 0 Å². The Balaban J connectivity index is 1.79. The van der Waals surface area contributed by atoms with Crippen LogP contribution in [0.15, 0.2) is 72.9 Å². The molecule has 122 valence electrons. The molecule has 2 aromatic carbocycles. The lowest BCUT2D eigenvalue weighted by Gasteiger charge is -2.10. The largest absolute Gasteiger partial charge is 0.291 e. The zero-order valence-corrected chi connectivity index (χ0v) is 13.8. The van der Waals surface area contributed by atoms with Gasteiger partial charge in [-0.1, -0.05) is 41.9 Å². The molecule has 0 aliphatic rings. The SMILES string of the molecule is O=C(Nc1nc2ccccc2n1-c1ccccc1)c1ccc(Cl)nc1. The fourth-order valence-electron chi connectivity index (χ4n) is 2.63. The molecule has 0 spiro atoms. The van der Waals surface area contributed by atoms with E-state index in [2.05, 4.69) is 15.3 Å². The molecule has 0 aliphatic carbocycles. The summed E-state index contributed by atoms with van der Waals surface area (Å²) in [6, 6.07) is 20.7. The molecule has 6 heteroatoms. The Morgan fingerprint density at radius 1 is 0.960 bits per heavy atom. The Hall–Kier alpha value is -3.18. The van der Waals surface area contributed by atoms with E-state index in [0.717, 1.165) is 16.7 Å². The predicted octanol–water partition coefficient (Wildman–Crippen LogP) is 4.33.